The molecule has 1 aliphatic rings. The minimum absolute atomic E-state index is 0.0143. The number of aryl methyl sites for hydroxylation is 3. The van der Waals surface area contributed by atoms with Crippen LogP contribution in [0.1, 0.15) is 36.6 Å². The van der Waals surface area contributed by atoms with Gasteiger partial charge in [0, 0.05) is 17.5 Å². The summed E-state index contributed by atoms with van der Waals surface area (Å²) in [5, 5.41) is 14.1. The number of hydrogen-bond donors (Lipinski definition) is 1. The van der Waals surface area contributed by atoms with E-state index in [1.54, 1.807) is 17.4 Å². The van der Waals surface area contributed by atoms with Gasteiger partial charge >= 0.3 is 5.97 Å². The molecule has 11 heteroatoms. The number of carbonyl (C=O) groups is 2. The molecule has 33 heavy (non-hydrogen) atoms. The fourth-order valence-electron chi connectivity index (χ4n) is 3.83. The number of amides is 1. The van der Waals surface area contributed by atoms with Gasteiger partial charge < -0.3 is 10.1 Å². The van der Waals surface area contributed by atoms with Crippen LogP contribution in [0.3, 0.4) is 0 Å². The Morgan fingerprint density at radius 3 is 2.85 bits per heavy atom. The van der Waals surface area contributed by atoms with Crippen LogP contribution in [0.15, 0.2) is 35.4 Å². The summed E-state index contributed by atoms with van der Waals surface area (Å²) in [6, 6.07) is 5.69. The Morgan fingerprint density at radius 1 is 1.30 bits per heavy atom. The molecule has 3 aromatic rings. The highest BCUT2D eigenvalue weighted by atomic mass is 32.1. The molecule has 1 N–H and O–H groups in total. The number of nitro benzene ring substituents is 1. The van der Waals surface area contributed by atoms with E-state index in [1.165, 1.54) is 40.9 Å². The Balaban J connectivity index is 1.38. The average Bonchev–Trinajstić information content (AvgIpc) is 3.18. The Bertz CT molecular complexity index is 1300. The quantitative estimate of drug-likeness (QED) is 0.318. The predicted molar refractivity (Wildman–Crippen MR) is 122 cm³/mol. The van der Waals surface area contributed by atoms with Gasteiger partial charge in [0.15, 0.2) is 6.10 Å². The molecule has 1 amide bonds. The fraction of sp³-hybridized carbons (Fsp3) is 0.364. The van der Waals surface area contributed by atoms with E-state index in [9.17, 15) is 24.5 Å². The van der Waals surface area contributed by atoms with E-state index in [2.05, 4.69) is 10.3 Å². The molecule has 1 unspecified atom stereocenters. The second-order valence-electron chi connectivity index (χ2n) is 7.78. The predicted octanol–water partition coefficient (Wildman–Crippen LogP) is 3.21. The van der Waals surface area contributed by atoms with Crippen molar-refractivity contribution in [1.82, 2.24) is 9.55 Å². The molecule has 0 radical (unpaired) electrons. The molecule has 1 atom stereocenters. The van der Waals surface area contributed by atoms with Gasteiger partial charge in [-0.3, -0.25) is 29.1 Å². The van der Waals surface area contributed by atoms with Crippen molar-refractivity contribution in [3.8, 4) is 0 Å². The van der Waals surface area contributed by atoms with Gasteiger partial charge in [0.2, 0.25) is 0 Å². The van der Waals surface area contributed by atoms with E-state index in [0.29, 0.717) is 5.39 Å². The van der Waals surface area contributed by atoms with Crippen molar-refractivity contribution < 1.29 is 19.2 Å². The number of nitrogens with zero attached hydrogens (tertiary/aromatic N) is 3. The van der Waals surface area contributed by atoms with E-state index in [1.807, 2.05) is 0 Å². The maximum atomic E-state index is 13.0. The van der Waals surface area contributed by atoms with Crippen molar-refractivity contribution in [3.63, 3.8) is 0 Å². The van der Waals surface area contributed by atoms with Crippen LogP contribution in [0.4, 0.5) is 11.4 Å². The van der Waals surface area contributed by atoms with Crippen molar-refractivity contribution in [3.05, 3.63) is 61.5 Å². The van der Waals surface area contributed by atoms with Crippen molar-refractivity contribution in [2.24, 2.45) is 0 Å². The number of benzene rings is 1. The maximum absolute atomic E-state index is 13.0. The van der Waals surface area contributed by atoms with Crippen LogP contribution in [0.25, 0.3) is 10.2 Å². The van der Waals surface area contributed by atoms with Gasteiger partial charge in [0.1, 0.15) is 10.5 Å². The second-order valence-corrected chi connectivity index (χ2v) is 8.86. The number of esters is 1. The zero-order valence-electron chi connectivity index (χ0n) is 17.9. The van der Waals surface area contributed by atoms with Crippen molar-refractivity contribution >= 4 is 44.8 Å². The van der Waals surface area contributed by atoms with Crippen molar-refractivity contribution in [1.29, 1.82) is 0 Å². The highest BCUT2D eigenvalue weighted by molar-refractivity contribution is 7.18. The summed E-state index contributed by atoms with van der Waals surface area (Å²) in [5.74, 6) is -1.36. The highest BCUT2D eigenvalue weighted by Crippen LogP contribution is 2.33. The lowest BCUT2D eigenvalue weighted by molar-refractivity contribution is -0.383. The summed E-state index contributed by atoms with van der Waals surface area (Å²) in [7, 11) is 0. The SMILES string of the molecule is CC(OC(=O)CCn1cnc2sc3c(c2c1=O)CCCC3)C(=O)Nc1ccccc1[N+](=O)[O-]. The molecule has 0 spiro atoms. The van der Waals surface area contributed by atoms with Crippen LogP contribution in [-0.2, 0) is 33.7 Å². The van der Waals surface area contributed by atoms with Gasteiger partial charge in [0.05, 0.1) is 23.1 Å². The molecule has 10 nitrogen and oxygen atoms in total. The lowest BCUT2D eigenvalue weighted by Crippen LogP contribution is -2.31. The zero-order valence-corrected chi connectivity index (χ0v) is 18.7. The van der Waals surface area contributed by atoms with E-state index < -0.39 is 22.9 Å². The molecule has 0 fully saturated rings. The van der Waals surface area contributed by atoms with E-state index in [4.69, 9.17) is 4.74 Å². The Labute approximate surface area is 192 Å². The maximum Gasteiger partial charge on any atom is 0.308 e. The number of hydrogen-bond acceptors (Lipinski definition) is 8. The zero-order chi connectivity index (χ0) is 23.5. The number of aromatic nitrogens is 2. The number of anilines is 1. The Morgan fingerprint density at radius 2 is 2.06 bits per heavy atom. The monoisotopic (exact) mass is 470 g/mol. The van der Waals surface area contributed by atoms with Crippen LogP contribution >= 0.6 is 11.3 Å². The summed E-state index contributed by atoms with van der Waals surface area (Å²) in [6.45, 7) is 1.45. The number of nitrogens with one attached hydrogen (secondary N) is 1. The smallest absolute Gasteiger partial charge is 0.308 e. The molecule has 1 aliphatic carbocycles. The topological polar surface area (TPSA) is 133 Å². The van der Waals surface area contributed by atoms with Gasteiger partial charge in [-0.05, 0) is 44.2 Å². The van der Waals surface area contributed by atoms with Crippen LogP contribution in [0.2, 0.25) is 0 Å². The number of nitro groups is 1. The lowest BCUT2D eigenvalue weighted by Gasteiger charge is -2.14. The van der Waals surface area contributed by atoms with Crippen molar-refractivity contribution in [2.45, 2.75) is 51.7 Å². The van der Waals surface area contributed by atoms with Gasteiger partial charge in [0.25, 0.3) is 17.2 Å². The van der Waals surface area contributed by atoms with E-state index >= 15 is 0 Å². The van der Waals surface area contributed by atoms with E-state index in [0.717, 1.165) is 36.1 Å². The summed E-state index contributed by atoms with van der Waals surface area (Å²) in [4.78, 5) is 54.4. The molecule has 2 aromatic heterocycles. The number of rotatable bonds is 7. The molecule has 4 rings (SSSR count). The van der Waals surface area contributed by atoms with Crippen LogP contribution in [0.5, 0.6) is 0 Å². The molecule has 2 heterocycles. The first-order valence-corrected chi connectivity index (χ1v) is 11.4. The third kappa shape index (κ3) is 4.77. The molecule has 0 saturated heterocycles. The molecular formula is C22H22N4O6S. The first kappa shape index (κ1) is 22.6. The number of carbonyl (C=O) groups excluding carboxylic acids is 2. The summed E-state index contributed by atoms with van der Waals surface area (Å²) in [6.07, 6.45) is 4.14. The van der Waals surface area contributed by atoms with Crippen LogP contribution in [-0.4, -0.2) is 32.5 Å². The normalized spacial score (nSPS) is 13.8. The minimum Gasteiger partial charge on any atom is -0.452 e. The summed E-state index contributed by atoms with van der Waals surface area (Å²) in [5.41, 5.74) is 0.660. The summed E-state index contributed by atoms with van der Waals surface area (Å²) < 4.78 is 6.55. The standard InChI is InChI=1S/C22H22N4O6S/c1-13(20(28)24-15-7-3-4-8-16(15)26(30)31)32-18(27)10-11-25-12-23-21-19(22(25)29)14-6-2-5-9-17(14)33-21/h3-4,7-8,12-13H,2,5-6,9-11H2,1H3,(H,24,28). The van der Waals surface area contributed by atoms with Crippen molar-refractivity contribution in [2.75, 3.05) is 5.32 Å². The average molecular weight is 471 g/mol. The van der Waals surface area contributed by atoms with Gasteiger partial charge in [-0.25, -0.2) is 4.98 Å². The second kappa shape index (κ2) is 9.49. The molecule has 172 valence electrons. The fourth-order valence-corrected chi connectivity index (χ4v) is 5.05. The minimum atomic E-state index is -1.17. The Hall–Kier alpha value is -3.60. The first-order valence-electron chi connectivity index (χ1n) is 10.6. The summed E-state index contributed by atoms with van der Waals surface area (Å²) >= 11 is 1.56. The first-order chi connectivity index (χ1) is 15.8. The van der Waals surface area contributed by atoms with Gasteiger partial charge in [-0.2, -0.15) is 0 Å². The number of fused-ring (bicyclic) bond motifs is 3. The lowest BCUT2D eigenvalue weighted by atomic mass is 9.97. The highest BCUT2D eigenvalue weighted by Gasteiger charge is 2.23. The Kier molecular flexibility index (Phi) is 6.50. The third-order valence-corrected chi connectivity index (χ3v) is 6.73. The number of ether oxygens (including phenoxy) is 1. The number of thiophene rings is 1. The van der Waals surface area contributed by atoms with Crippen LogP contribution < -0.4 is 10.9 Å². The molecule has 1 aromatic carbocycles. The van der Waals surface area contributed by atoms with Gasteiger partial charge in [-0.15, -0.1) is 11.3 Å². The molecule has 0 aliphatic heterocycles. The third-order valence-electron chi connectivity index (χ3n) is 5.53. The number of para-hydroxylation sites is 2. The van der Waals surface area contributed by atoms with Gasteiger partial charge in [-0.1, -0.05) is 12.1 Å². The largest absolute Gasteiger partial charge is 0.452 e. The molecule has 0 saturated carbocycles. The molecule has 0 bridgehead atoms. The van der Waals surface area contributed by atoms with E-state index in [-0.39, 0.29) is 29.9 Å². The molecular weight excluding hydrogens is 448 g/mol. The van der Waals surface area contributed by atoms with Crippen LogP contribution in [0, 0.1) is 10.1 Å².